The highest BCUT2D eigenvalue weighted by Crippen LogP contribution is 2.40. The molecule has 11 heteroatoms. The van der Waals surface area contributed by atoms with Gasteiger partial charge in [-0.3, -0.25) is 14.7 Å². The summed E-state index contributed by atoms with van der Waals surface area (Å²) in [4.78, 5) is 39.2. The number of thiazole rings is 1. The van der Waals surface area contributed by atoms with Crippen molar-refractivity contribution in [3.63, 3.8) is 0 Å². The topological polar surface area (TPSA) is 127 Å². The molecule has 0 aliphatic rings. The van der Waals surface area contributed by atoms with Crippen LogP contribution in [0.4, 0.5) is 5.13 Å². The highest BCUT2D eigenvalue weighted by atomic mass is 32.1. The molecule has 1 amide bonds. The smallest absolute Gasteiger partial charge is 0.379 e. The Balaban J connectivity index is 1.81. The molecule has 1 atom stereocenters. The van der Waals surface area contributed by atoms with Crippen LogP contribution in [0, 0.1) is 4.91 Å². The molecule has 0 aliphatic carbocycles. The molecule has 0 saturated carbocycles. The van der Waals surface area contributed by atoms with Gasteiger partial charge in [0, 0.05) is 28.2 Å². The molecule has 9 nitrogen and oxygen atoms in total. The van der Waals surface area contributed by atoms with Crippen molar-refractivity contribution in [2.75, 3.05) is 5.32 Å². The molecule has 1 unspecified atom stereocenters. The molecule has 0 radical (unpaired) electrons. The number of benzene rings is 2. The van der Waals surface area contributed by atoms with Gasteiger partial charge in [0.05, 0.1) is 11.4 Å². The van der Waals surface area contributed by atoms with Gasteiger partial charge in [-0.1, -0.05) is 12.1 Å². The van der Waals surface area contributed by atoms with E-state index in [0.717, 1.165) is 0 Å². The second-order valence-corrected chi connectivity index (χ2v) is 9.40. The molecule has 3 aromatic rings. The summed E-state index contributed by atoms with van der Waals surface area (Å²) in [5.41, 5.74) is 0.876. The highest BCUT2D eigenvalue weighted by Gasteiger charge is 2.22. The molecule has 0 spiro atoms. The van der Waals surface area contributed by atoms with Crippen LogP contribution in [0.5, 0.6) is 11.5 Å². The summed E-state index contributed by atoms with van der Waals surface area (Å²) in [6.07, 6.45) is 1.48. The van der Waals surface area contributed by atoms with Crippen LogP contribution in [0.15, 0.2) is 59.0 Å². The molecule has 0 bridgehead atoms. The van der Waals surface area contributed by atoms with Gasteiger partial charge in [-0.15, -0.1) is 16.2 Å². The molecule has 0 fully saturated rings. The third-order valence-corrected chi connectivity index (χ3v) is 5.79. The maximum atomic E-state index is 12.6. The van der Waals surface area contributed by atoms with Crippen LogP contribution in [0.2, 0.25) is 0 Å². The predicted molar refractivity (Wildman–Crippen MR) is 118 cm³/mol. The highest BCUT2D eigenvalue weighted by molar-refractivity contribution is 7.64. The van der Waals surface area contributed by atoms with E-state index in [1.165, 1.54) is 29.5 Å². The fraction of sp³-hybridized carbons (Fsp3) is 0.200. The van der Waals surface area contributed by atoms with Crippen LogP contribution in [0.25, 0.3) is 0 Å². The number of ether oxygens (including phenoxy) is 2. The van der Waals surface area contributed by atoms with Crippen molar-refractivity contribution in [2.24, 2.45) is 4.95 Å². The van der Waals surface area contributed by atoms with Crippen molar-refractivity contribution >= 4 is 35.2 Å². The molecule has 3 rings (SSSR count). The maximum Gasteiger partial charge on any atom is 0.379 e. The lowest BCUT2D eigenvalue weighted by molar-refractivity contribution is 0.102. The average molecular weight is 461 g/mol. The average Bonchev–Trinajstić information content (AvgIpc) is 3.25. The van der Waals surface area contributed by atoms with Gasteiger partial charge in [-0.25, -0.2) is 4.98 Å². The maximum absolute atomic E-state index is 12.6. The normalized spacial score (nSPS) is 12.8. The van der Waals surface area contributed by atoms with Gasteiger partial charge >= 0.3 is 7.52 Å². The van der Waals surface area contributed by atoms with E-state index in [-0.39, 0.29) is 23.9 Å². The molecule has 1 heterocycles. The van der Waals surface area contributed by atoms with Crippen molar-refractivity contribution in [1.82, 2.24) is 4.98 Å². The minimum absolute atomic E-state index is 0.0331. The van der Waals surface area contributed by atoms with Gasteiger partial charge in [0.1, 0.15) is 18.1 Å². The Morgan fingerprint density at radius 2 is 2.03 bits per heavy atom. The molecular weight excluding hydrogens is 441 g/mol. The zero-order valence-corrected chi connectivity index (χ0v) is 18.4. The molecule has 0 aliphatic heterocycles. The zero-order chi connectivity index (χ0) is 22.4. The van der Waals surface area contributed by atoms with E-state index < -0.39 is 7.52 Å². The number of nitrogens with one attached hydrogen (secondary N) is 1. The minimum Gasteiger partial charge on any atom is -0.491 e. The standard InChI is InChI=1S/C20H20N3O6PS/c1-13(2)29-17-10-15(19(24)22-20-21-6-7-31-20)9-16(11-17)28-12-14-4-3-5-18(8-14)30(26,27)23-25/h3-11,13H,12H2,1-2H3,(H,26,27)(H,21,22,24). The number of carbonyl (C=O) groups is 1. The van der Waals surface area contributed by atoms with E-state index in [1.807, 2.05) is 13.8 Å². The largest absolute Gasteiger partial charge is 0.491 e. The Hall–Kier alpha value is -3.07. The first-order valence-electron chi connectivity index (χ1n) is 9.19. The third kappa shape index (κ3) is 6.21. The summed E-state index contributed by atoms with van der Waals surface area (Å²) in [5, 5.41) is 4.85. The van der Waals surface area contributed by atoms with Gasteiger partial charge in [0.2, 0.25) is 0 Å². The van der Waals surface area contributed by atoms with E-state index in [1.54, 1.807) is 35.8 Å². The SMILES string of the molecule is CC(C)Oc1cc(OCc2cccc(P(=O)(O)N=O)c2)cc(C(=O)Nc2nccs2)c1. The second-order valence-electron chi connectivity index (χ2n) is 6.74. The van der Waals surface area contributed by atoms with E-state index in [9.17, 15) is 19.2 Å². The van der Waals surface area contributed by atoms with E-state index in [0.29, 0.717) is 27.8 Å². The number of rotatable bonds is 9. The van der Waals surface area contributed by atoms with Gasteiger partial charge in [0.25, 0.3) is 5.91 Å². The van der Waals surface area contributed by atoms with Crippen molar-refractivity contribution in [3.8, 4) is 11.5 Å². The van der Waals surface area contributed by atoms with Gasteiger partial charge in [-0.2, -0.15) is 0 Å². The predicted octanol–water partition coefficient (Wildman–Crippen LogP) is 4.34. The van der Waals surface area contributed by atoms with Crippen molar-refractivity contribution in [2.45, 2.75) is 26.6 Å². The third-order valence-electron chi connectivity index (χ3n) is 3.93. The fourth-order valence-electron chi connectivity index (χ4n) is 2.62. The zero-order valence-electron chi connectivity index (χ0n) is 16.7. The van der Waals surface area contributed by atoms with E-state index in [4.69, 9.17) is 9.47 Å². The number of hydrogen-bond acceptors (Lipinski definition) is 7. The minimum atomic E-state index is -4.29. The monoisotopic (exact) mass is 461 g/mol. The summed E-state index contributed by atoms with van der Waals surface area (Å²) >= 11 is 1.30. The van der Waals surface area contributed by atoms with Crippen LogP contribution in [-0.4, -0.2) is 21.9 Å². The van der Waals surface area contributed by atoms with Gasteiger partial charge in [-0.05, 0) is 43.7 Å². The summed E-state index contributed by atoms with van der Waals surface area (Å²) in [6, 6.07) is 10.8. The Bertz CT molecular complexity index is 1120. The first-order chi connectivity index (χ1) is 14.8. The number of anilines is 1. The molecule has 162 valence electrons. The first-order valence-corrected chi connectivity index (χ1v) is 11.7. The van der Waals surface area contributed by atoms with E-state index >= 15 is 0 Å². The number of amides is 1. The summed E-state index contributed by atoms with van der Waals surface area (Å²) in [6.45, 7) is 3.76. The summed E-state index contributed by atoms with van der Waals surface area (Å²) < 4.78 is 23.3. The molecule has 31 heavy (non-hydrogen) atoms. The molecule has 1 aromatic heterocycles. The van der Waals surface area contributed by atoms with Crippen molar-refractivity contribution < 1.29 is 23.7 Å². The lowest BCUT2D eigenvalue weighted by atomic mass is 10.2. The van der Waals surface area contributed by atoms with E-state index in [2.05, 4.69) is 15.2 Å². The van der Waals surface area contributed by atoms with Crippen molar-refractivity contribution in [1.29, 1.82) is 0 Å². The van der Waals surface area contributed by atoms with Crippen LogP contribution < -0.4 is 20.1 Å². The summed E-state index contributed by atoms with van der Waals surface area (Å²) in [7, 11) is -4.29. The Morgan fingerprint density at radius 1 is 1.26 bits per heavy atom. The number of nitroso groups, excluding NO2 is 1. The Morgan fingerprint density at radius 3 is 2.71 bits per heavy atom. The number of aromatic nitrogens is 1. The fourth-order valence-corrected chi connectivity index (χ4v) is 3.85. The molecule has 0 saturated heterocycles. The Labute approximate surface area is 182 Å². The summed E-state index contributed by atoms with van der Waals surface area (Å²) in [5.74, 6) is 0.457. The number of hydrogen-bond donors (Lipinski definition) is 2. The van der Waals surface area contributed by atoms with Crippen LogP contribution in [0.3, 0.4) is 0 Å². The quantitative estimate of drug-likeness (QED) is 0.358. The lowest BCUT2D eigenvalue weighted by Crippen LogP contribution is -2.13. The second kappa shape index (κ2) is 9.82. The van der Waals surface area contributed by atoms with Crippen molar-refractivity contribution in [3.05, 3.63) is 70.1 Å². The molecule has 2 aromatic carbocycles. The molecule has 2 N–H and O–H groups in total. The number of nitrogens with zero attached hydrogens (tertiary/aromatic N) is 2. The first kappa shape index (κ1) is 22.6. The number of carbonyl (C=O) groups excluding carboxylic acids is 1. The van der Waals surface area contributed by atoms with Crippen LogP contribution >= 0.6 is 18.9 Å². The van der Waals surface area contributed by atoms with Gasteiger partial charge in [0.15, 0.2) is 5.13 Å². The van der Waals surface area contributed by atoms with Gasteiger partial charge < -0.3 is 14.4 Å². The Kier molecular flexibility index (Phi) is 7.17. The van der Waals surface area contributed by atoms with Crippen LogP contribution in [0.1, 0.15) is 29.8 Å². The van der Waals surface area contributed by atoms with Crippen LogP contribution in [-0.2, 0) is 11.2 Å². The molecular formula is C20H20N3O6PS. The lowest BCUT2D eigenvalue weighted by Gasteiger charge is -2.14.